The van der Waals surface area contributed by atoms with Gasteiger partial charge in [0.2, 0.25) is 5.75 Å². The number of nitrogens with one attached hydrogen (secondary N) is 1. The lowest BCUT2D eigenvalue weighted by Crippen LogP contribution is -2.28. The van der Waals surface area contributed by atoms with Crippen molar-refractivity contribution in [2.45, 2.75) is 25.8 Å². The highest BCUT2D eigenvalue weighted by molar-refractivity contribution is 5.65. The maximum Gasteiger partial charge on any atom is 0.204 e. The van der Waals surface area contributed by atoms with Crippen LogP contribution in [0.3, 0.4) is 0 Å². The monoisotopic (exact) mass is 222 g/mol. The molecule has 0 radical (unpaired) electrons. The highest BCUT2D eigenvalue weighted by Crippen LogP contribution is 2.35. The number of rotatable bonds is 3. The maximum atomic E-state index is 5.40. The minimum Gasteiger partial charge on any atom is -0.490 e. The van der Waals surface area contributed by atoms with E-state index in [0.717, 1.165) is 23.9 Å². The number of aromatic nitrogens is 2. The zero-order valence-corrected chi connectivity index (χ0v) is 10.0. The van der Waals surface area contributed by atoms with E-state index in [1.54, 1.807) is 13.4 Å². The van der Waals surface area contributed by atoms with Crippen LogP contribution in [-0.4, -0.2) is 36.7 Å². The molecule has 0 amide bonds. The summed E-state index contributed by atoms with van der Waals surface area (Å²) in [5.41, 5.74) is 0. The van der Waals surface area contributed by atoms with Crippen molar-refractivity contribution in [2.24, 2.45) is 0 Å². The van der Waals surface area contributed by atoms with E-state index in [-0.39, 0.29) is 0 Å². The van der Waals surface area contributed by atoms with Crippen LogP contribution < -0.4 is 15.0 Å². The third-order valence-electron chi connectivity index (χ3n) is 3.05. The number of hydrogen-bond acceptors (Lipinski definition) is 5. The standard InChI is InChI=1S/C11H18N4O/c1-8-5-4-6-15(8)11-9(16-3)10(12-2)13-7-14-11/h7-8H,4-6H2,1-3H3,(H,12,13,14). The molecular formula is C11H18N4O. The Morgan fingerprint density at radius 2 is 2.31 bits per heavy atom. The van der Waals surface area contributed by atoms with E-state index in [0.29, 0.717) is 6.04 Å². The molecule has 1 aromatic heterocycles. The van der Waals surface area contributed by atoms with Crippen molar-refractivity contribution in [1.29, 1.82) is 0 Å². The van der Waals surface area contributed by atoms with Crippen LogP contribution in [0.2, 0.25) is 0 Å². The van der Waals surface area contributed by atoms with Gasteiger partial charge < -0.3 is 15.0 Å². The molecule has 1 unspecified atom stereocenters. The minimum atomic E-state index is 0.522. The Morgan fingerprint density at radius 1 is 1.50 bits per heavy atom. The quantitative estimate of drug-likeness (QED) is 0.840. The van der Waals surface area contributed by atoms with E-state index in [1.807, 2.05) is 7.05 Å². The number of nitrogens with zero attached hydrogens (tertiary/aromatic N) is 3. The van der Waals surface area contributed by atoms with Gasteiger partial charge in [-0.1, -0.05) is 0 Å². The van der Waals surface area contributed by atoms with Crippen molar-refractivity contribution in [3.8, 4) is 5.75 Å². The molecule has 1 N–H and O–H groups in total. The zero-order chi connectivity index (χ0) is 11.5. The van der Waals surface area contributed by atoms with Gasteiger partial charge in [-0.3, -0.25) is 0 Å². The number of methoxy groups -OCH3 is 1. The number of hydrogen-bond donors (Lipinski definition) is 1. The first-order chi connectivity index (χ1) is 7.77. The highest BCUT2D eigenvalue weighted by Gasteiger charge is 2.25. The zero-order valence-electron chi connectivity index (χ0n) is 10.0. The molecule has 5 heteroatoms. The van der Waals surface area contributed by atoms with Crippen molar-refractivity contribution in [1.82, 2.24) is 9.97 Å². The van der Waals surface area contributed by atoms with Gasteiger partial charge in [-0.2, -0.15) is 0 Å². The van der Waals surface area contributed by atoms with Crippen molar-refractivity contribution < 1.29 is 4.74 Å². The Kier molecular flexibility index (Phi) is 3.12. The van der Waals surface area contributed by atoms with Gasteiger partial charge in [-0.25, -0.2) is 9.97 Å². The van der Waals surface area contributed by atoms with Crippen LogP contribution in [0.15, 0.2) is 6.33 Å². The van der Waals surface area contributed by atoms with Gasteiger partial charge in [0.05, 0.1) is 7.11 Å². The Hall–Kier alpha value is -1.52. The van der Waals surface area contributed by atoms with E-state index in [1.165, 1.54) is 12.8 Å². The van der Waals surface area contributed by atoms with Crippen LogP contribution in [0, 0.1) is 0 Å². The lowest BCUT2D eigenvalue weighted by molar-refractivity contribution is 0.412. The molecule has 2 heterocycles. The Morgan fingerprint density at radius 3 is 2.88 bits per heavy atom. The van der Waals surface area contributed by atoms with Gasteiger partial charge in [-0.15, -0.1) is 0 Å². The molecule has 1 aliphatic heterocycles. The molecule has 16 heavy (non-hydrogen) atoms. The van der Waals surface area contributed by atoms with E-state index < -0.39 is 0 Å². The average Bonchev–Trinajstić information content (AvgIpc) is 2.74. The fourth-order valence-corrected chi connectivity index (χ4v) is 2.18. The van der Waals surface area contributed by atoms with Crippen LogP contribution in [0.4, 0.5) is 11.6 Å². The topological polar surface area (TPSA) is 50.3 Å². The normalized spacial score (nSPS) is 19.9. The maximum absolute atomic E-state index is 5.40. The molecule has 1 aliphatic rings. The van der Waals surface area contributed by atoms with E-state index in [2.05, 4.69) is 27.1 Å². The molecule has 1 saturated heterocycles. The van der Waals surface area contributed by atoms with Gasteiger partial charge in [-0.05, 0) is 19.8 Å². The number of anilines is 2. The van der Waals surface area contributed by atoms with Gasteiger partial charge in [0, 0.05) is 19.6 Å². The van der Waals surface area contributed by atoms with E-state index in [4.69, 9.17) is 4.74 Å². The van der Waals surface area contributed by atoms with Gasteiger partial charge in [0.15, 0.2) is 11.6 Å². The third kappa shape index (κ3) is 1.77. The Bertz CT molecular complexity index is 369. The van der Waals surface area contributed by atoms with E-state index >= 15 is 0 Å². The van der Waals surface area contributed by atoms with E-state index in [9.17, 15) is 0 Å². The summed E-state index contributed by atoms with van der Waals surface area (Å²) in [6.45, 7) is 3.26. The largest absolute Gasteiger partial charge is 0.490 e. The molecule has 5 nitrogen and oxygen atoms in total. The fourth-order valence-electron chi connectivity index (χ4n) is 2.18. The van der Waals surface area contributed by atoms with Crippen molar-refractivity contribution in [3.63, 3.8) is 0 Å². The van der Waals surface area contributed by atoms with Crippen molar-refractivity contribution in [2.75, 3.05) is 30.9 Å². The molecular weight excluding hydrogens is 204 g/mol. The fraction of sp³-hybridized carbons (Fsp3) is 0.636. The SMILES string of the molecule is CNc1ncnc(N2CCCC2C)c1OC. The summed E-state index contributed by atoms with van der Waals surface area (Å²) >= 11 is 0. The predicted octanol–water partition coefficient (Wildman–Crippen LogP) is 1.52. The summed E-state index contributed by atoms with van der Waals surface area (Å²) in [5, 5.41) is 3.02. The molecule has 1 aromatic rings. The van der Waals surface area contributed by atoms with Crippen LogP contribution in [0.5, 0.6) is 5.75 Å². The smallest absolute Gasteiger partial charge is 0.204 e. The van der Waals surface area contributed by atoms with Crippen molar-refractivity contribution >= 4 is 11.6 Å². The molecule has 0 aromatic carbocycles. The second kappa shape index (κ2) is 4.55. The summed E-state index contributed by atoms with van der Waals surface area (Å²) in [6.07, 6.45) is 4.00. The van der Waals surface area contributed by atoms with Crippen LogP contribution >= 0.6 is 0 Å². The van der Waals surface area contributed by atoms with Crippen LogP contribution in [-0.2, 0) is 0 Å². The minimum absolute atomic E-state index is 0.522. The first-order valence-electron chi connectivity index (χ1n) is 5.61. The second-order valence-electron chi connectivity index (χ2n) is 4.01. The first-order valence-corrected chi connectivity index (χ1v) is 5.61. The molecule has 2 rings (SSSR count). The summed E-state index contributed by atoms with van der Waals surface area (Å²) < 4.78 is 5.40. The second-order valence-corrected chi connectivity index (χ2v) is 4.01. The lowest BCUT2D eigenvalue weighted by atomic mass is 10.2. The average molecular weight is 222 g/mol. The number of ether oxygens (including phenoxy) is 1. The van der Waals surface area contributed by atoms with Crippen LogP contribution in [0.25, 0.3) is 0 Å². The molecule has 1 fully saturated rings. The first kappa shape index (κ1) is 11.0. The molecule has 1 atom stereocenters. The highest BCUT2D eigenvalue weighted by atomic mass is 16.5. The molecule has 0 spiro atoms. The van der Waals surface area contributed by atoms with Gasteiger partial charge >= 0.3 is 0 Å². The Balaban J connectivity index is 2.39. The third-order valence-corrected chi connectivity index (χ3v) is 3.05. The Labute approximate surface area is 95.8 Å². The predicted molar refractivity (Wildman–Crippen MR) is 64.2 cm³/mol. The summed E-state index contributed by atoms with van der Waals surface area (Å²) in [5.74, 6) is 2.37. The van der Waals surface area contributed by atoms with Gasteiger partial charge in [0.1, 0.15) is 6.33 Å². The molecule has 0 bridgehead atoms. The molecule has 0 aliphatic carbocycles. The summed E-state index contributed by atoms with van der Waals surface area (Å²) in [6, 6.07) is 0.522. The lowest BCUT2D eigenvalue weighted by Gasteiger charge is -2.24. The summed E-state index contributed by atoms with van der Waals surface area (Å²) in [4.78, 5) is 10.8. The van der Waals surface area contributed by atoms with Crippen molar-refractivity contribution in [3.05, 3.63) is 6.33 Å². The van der Waals surface area contributed by atoms with Crippen LogP contribution in [0.1, 0.15) is 19.8 Å². The summed E-state index contributed by atoms with van der Waals surface area (Å²) in [7, 11) is 3.49. The molecule has 0 saturated carbocycles. The van der Waals surface area contributed by atoms with Gasteiger partial charge in [0.25, 0.3) is 0 Å². The molecule has 88 valence electrons.